The maximum atomic E-state index is 12.7. The molecule has 1 atom stereocenters. The van der Waals surface area contributed by atoms with Crippen molar-refractivity contribution in [2.45, 2.75) is 43.5 Å². The van der Waals surface area contributed by atoms with E-state index in [2.05, 4.69) is 15.9 Å². The van der Waals surface area contributed by atoms with E-state index in [1.54, 1.807) is 0 Å². The molecule has 20 heavy (non-hydrogen) atoms. The molecule has 1 fully saturated rings. The fourth-order valence-electron chi connectivity index (χ4n) is 2.46. The number of halogens is 1. The van der Waals surface area contributed by atoms with Gasteiger partial charge in [-0.2, -0.15) is 4.31 Å². The summed E-state index contributed by atoms with van der Waals surface area (Å²) in [5, 5.41) is 8.98. The zero-order valence-electron chi connectivity index (χ0n) is 11.0. The van der Waals surface area contributed by atoms with Gasteiger partial charge in [-0.15, -0.1) is 11.3 Å². The van der Waals surface area contributed by atoms with Crippen molar-refractivity contribution in [1.29, 1.82) is 0 Å². The second-order valence-electron chi connectivity index (χ2n) is 4.73. The molecular formula is C12H16BrNO4S2. The van der Waals surface area contributed by atoms with Gasteiger partial charge in [0.15, 0.2) is 0 Å². The lowest BCUT2D eigenvalue weighted by atomic mass is 10.0. The molecule has 1 aliphatic rings. The van der Waals surface area contributed by atoms with Crippen LogP contribution in [0.15, 0.2) is 14.7 Å². The van der Waals surface area contributed by atoms with Gasteiger partial charge < -0.3 is 5.11 Å². The zero-order valence-corrected chi connectivity index (χ0v) is 14.2. The van der Waals surface area contributed by atoms with Crippen molar-refractivity contribution in [1.82, 2.24) is 4.31 Å². The van der Waals surface area contributed by atoms with Crippen molar-refractivity contribution in [3.05, 3.63) is 14.7 Å². The fourth-order valence-corrected chi connectivity index (χ4v) is 6.58. The summed E-state index contributed by atoms with van der Waals surface area (Å²) in [7, 11) is -3.63. The molecule has 2 rings (SSSR count). The first-order valence-corrected chi connectivity index (χ1v) is 9.47. The van der Waals surface area contributed by atoms with Gasteiger partial charge >= 0.3 is 5.97 Å². The molecule has 5 nitrogen and oxygen atoms in total. The lowest BCUT2D eigenvalue weighted by Crippen LogP contribution is -2.43. The van der Waals surface area contributed by atoms with Crippen LogP contribution in [0.3, 0.4) is 0 Å². The summed E-state index contributed by atoms with van der Waals surface area (Å²) in [4.78, 5) is 11.1. The molecule has 1 N–H and O–H groups in total. The van der Waals surface area contributed by atoms with Crippen molar-refractivity contribution in [2.75, 3.05) is 6.54 Å². The minimum atomic E-state index is -3.63. The second kappa shape index (κ2) is 6.13. The van der Waals surface area contributed by atoms with Crippen molar-refractivity contribution >= 4 is 43.3 Å². The topological polar surface area (TPSA) is 74.7 Å². The molecule has 8 heteroatoms. The molecule has 0 amide bonds. The predicted molar refractivity (Wildman–Crippen MR) is 80.8 cm³/mol. The highest BCUT2D eigenvalue weighted by atomic mass is 79.9. The number of rotatable bonds is 4. The summed E-state index contributed by atoms with van der Waals surface area (Å²) < 4.78 is 27.3. The number of hydrogen-bond donors (Lipinski definition) is 1. The quantitative estimate of drug-likeness (QED) is 0.868. The largest absolute Gasteiger partial charge is 0.477 e. The van der Waals surface area contributed by atoms with Crippen LogP contribution >= 0.6 is 27.3 Å². The van der Waals surface area contributed by atoms with E-state index < -0.39 is 16.0 Å². The Bertz CT molecular complexity index is 611. The Morgan fingerprint density at radius 3 is 2.80 bits per heavy atom. The van der Waals surface area contributed by atoms with Crippen LogP contribution in [-0.4, -0.2) is 36.4 Å². The summed E-state index contributed by atoms with van der Waals surface area (Å²) in [6.07, 6.45) is 3.52. The average molecular weight is 382 g/mol. The van der Waals surface area contributed by atoms with Gasteiger partial charge in [0.2, 0.25) is 10.0 Å². The Labute approximate surface area is 130 Å². The van der Waals surface area contributed by atoms with Crippen LogP contribution in [0.4, 0.5) is 0 Å². The molecule has 0 saturated carbocycles. The molecule has 2 heterocycles. The summed E-state index contributed by atoms with van der Waals surface area (Å²) in [6.45, 7) is 2.48. The summed E-state index contributed by atoms with van der Waals surface area (Å²) in [5.41, 5.74) is 0. The zero-order chi connectivity index (χ0) is 14.9. The highest BCUT2D eigenvalue weighted by molar-refractivity contribution is 9.11. The van der Waals surface area contributed by atoms with Crippen LogP contribution in [0.5, 0.6) is 0 Å². The molecule has 1 aromatic rings. The minimum Gasteiger partial charge on any atom is -0.477 e. The summed E-state index contributed by atoms with van der Waals surface area (Å²) in [6, 6.07) is 1.25. The molecule has 0 bridgehead atoms. The number of hydrogen-bond acceptors (Lipinski definition) is 4. The predicted octanol–water partition coefficient (Wildman–Crippen LogP) is 3.16. The third-order valence-corrected chi connectivity index (χ3v) is 7.69. The minimum absolute atomic E-state index is 0.00817. The number of piperidine rings is 1. The highest BCUT2D eigenvalue weighted by Gasteiger charge is 2.35. The van der Waals surface area contributed by atoms with Gasteiger partial charge in [-0.25, -0.2) is 13.2 Å². The van der Waals surface area contributed by atoms with Crippen LogP contribution in [0.25, 0.3) is 0 Å². The first-order valence-electron chi connectivity index (χ1n) is 6.42. The maximum absolute atomic E-state index is 12.7. The van der Waals surface area contributed by atoms with Crippen LogP contribution < -0.4 is 0 Å². The SMILES string of the molecule is CCC1CCCCN1S(=O)(=O)c1cc(C(=O)O)sc1Br. The number of aromatic carboxylic acids is 1. The second-order valence-corrected chi connectivity index (χ2v) is 8.96. The Balaban J connectivity index is 2.41. The van der Waals surface area contributed by atoms with Gasteiger partial charge in [-0.1, -0.05) is 13.3 Å². The monoisotopic (exact) mass is 381 g/mol. The number of carbonyl (C=O) groups is 1. The third-order valence-electron chi connectivity index (χ3n) is 3.50. The molecule has 0 aromatic carbocycles. The first-order chi connectivity index (χ1) is 9.37. The van der Waals surface area contributed by atoms with E-state index in [4.69, 9.17) is 5.11 Å². The molecule has 1 aliphatic heterocycles. The number of nitrogens with zero attached hydrogens (tertiary/aromatic N) is 1. The van der Waals surface area contributed by atoms with E-state index >= 15 is 0 Å². The Morgan fingerprint density at radius 2 is 2.25 bits per heavy atom. The number of thiophene rings is 1. The molecule has 1 aromatic heterocycles. The van der Waals surface area contributed by atoms with Gasteiger partial charge in [-0.05, 0) is 41.3 Å². The lowest BCUT2D eigenvalue weighted by Gasteiger charge is -2.33. The van der Waals surface area contributed by atoms with E-state index in [0.29, 0.717) is 10.3 Å². The van der Waals surface area contributed by atoms with Crippen molar-refractivity contribution in [3.8, 4) is 0 Å². The van der Waals surface area contributed by atoms with Crippen molar-refractivity contribution in [2.24, 2.45) is 0 Å². The maximum Gasteiger partial charge on any atom is 0.345 e. The first kappa shape index (κ1) is 15.9. The Morgan fingerprint density at radius 1 is 1.55 bits per heavy atom. The van der Waals surface area contributed by atoms with E-state index in [9.17, 15) is 13.2 Å². The highest BCUT2D eigenvalue weighted by Crippen LogP contribution is 2.36. The summed E-state index contributed by atoms with van der Waals surface area (Å²) in [5.74, 6) is -1.11. The Kier molecular flexibility index (Phi) is 4.88. The van der Waals surface area contributed by atoms with E-state index in [1.165, 1.54) is 10.4 Å². The molecule has 112 valence electrons. The number of carboxylic acid groups (broad SMARTS) is 1. The molecule has 1 saturated heterocycles. The molecule has 0 spiro atoms. The van der Waals surface area contributed by atoms with Crippen LogP contribution in [-0.2, 0) is 10.0 Å². The van der Waals surface area contributed by atoms with E-state index in [-0.39, 0.29) is 15.8 Å². The molecule has 0 radical (unpaired) electrons. The third kappa shape index (κ3) is 2.93. The van der Waals surface area contributed by atoms with Gasteiger partial charge in [-0.3, -0.25) is 0 Å². The van der Waals surface area contributed by atoms with Gasteiger partial charge in [0.05, 0.1) is 3.79 Å². The van der Waals surface area contributed by atoms with Crippen LogP contribution in [0, 0.1) is 0 Å². The fraction of sp³-hybridized carbons (Fsp3) is 0.583. The number of carboxylic acids is 1. The van der Waals surface area contributed by atoms with E-state index in [1.807, 2.05) is 6.92 Å². The van der Waals surface area contributed by atoms with Crippen LogP contribution in [0.1, 0.15) is 42.3 Å². The van der Waals surface area contributed by atoms with E-state index in [0.717, 1.165) is 37.0 Å². The molecule has 0 aliphatic carbocycles. The lowest BCUT2D eigenvalue weighted by molar-refractivity contribution is 0.0702. The van der Waals surface area contributed by atoms with Gasteiger partial charge in [0.25, 0.3) is 0 Å². The van der Waals surface area contributed by atoms with Crippen molar-refractivity contribution < 1.29 is 18.3 Å². The van der Waals surface area contributed by atoms with Gasteiger partial charge in [0.1, 0.15) is 9.77 Å². The van der Waals surface area contributed by atoms with Crippen LogP contribution in [0.2, 0.25) is 0 Å². The normalized spacial score (nSPS) is 21.0. The summed E-state index contributed by atoms with van der Waals surface area (Å²) >= 11 is 4.11. The molecule has 1 unspecified atom stereocenters. The average Bonchev–Trinajstić information content (AvgIpc) is 2.81. The Hall–Kier alpha value is -0.440. The standard InChI is InChI=1S/C12H16BrNO4S2/c1-2-8-5-3-4-6-14(8)20(17,18)10-7-9(12(15)16)19-11(10)13/h7-8H,2-6H2,1H3,(H,15,16). The smallest absolute Gasteiger partial charge is 0.345 e. The van der Waals surface area contributed by atoms with Crippen molar-refractivity contribution in [3.63, 3.8) is 0 Å². The number of sulfonamides is 1. The molecular weight excluding hydrogens is 366 g/mol. The van der Waals surface area contributed by atoms with Gasteiger partial charge in [0, 0.05) is 12.6 Å².